The van der Waals surface area contributed by atoms with Crippen molar-refractivity contribution >= 4 is 0 Å². The summed E-state index contributed by atoms with van der Waals surface area (Å²) in [5.74, 6) is 5.35. The van der Waals surface area contributed by atoms with Crippen LogP contribution in [0.25, 0.3) is 10.4 Å². The lowest BCUT2D eigenvalue weighted by atomic mass is 9.47. The molecule has 0 aliphatic heterocycles. The lowest BCUT2D eigenvalue weighted by molar-refractivity contribution is -0.0508. The predicted octanol–water partition coefficient (Wildman–Crippen LogP) is 8.71. The summed E-state index contributed by atoms with van der Waals surface area (Å²) < 4.78 is 0. The van der Waals surface area contributed by atoms with Gasteiger partial charge < -0.3 is 0 Å². The molecule has 3 heteroatoms. The van der Waals surface area contributed by atoms with Gasteiger partial charge in [0.2, 0.25) is 0 Å². The standard InChI is InChI=1S/C27H45N3/c1-18(2)7-6-8-19(3)23-11-12-24-22-10-9-20-17-21(29-30-28)13-15-26(20,4)25(22)14-16-27(23,24)5/h9,18-19,21-25H,6-8,10-17H2,1-5H3/t19-,21+,22-,23?,24+,25+,26?,27?/m1/s1. The average Bonchev–Trinajstić information content (AvgIpc) is 3.05. The molecule has 0 spiro atoms. The maximum atomic E-state index is 8.89. The van der Waals surface area contributed by atoms with Crippen LogP contribution in [0.5, 0.6) is 0 Å². The van der Waals surface area contributed by atoms with Crippen LogP contribution in [-0.4, -0.2) is 6.04 Å². The Hall–Kier alpha value is -0.950. The summed E-state index contributed by atoms with van der Waals surface area (Å²) in [6, 6.07) is 0.197. The lowest BCUT2D eigenvalue weighted by Gasteiger charge is -2.58. The monoisotopic (exact) mass is 411 g/mol. The Morgan fingerprint density at radius 2 is 1.87 bits per heavy atom. The summed E-state index contributed by atoms with van der Waals surface area (Å²) in [6.07, 6.45) is 17.3. The zero-order chi connectivity index (χ0) is 21.5. The molecule has 0 bridgehead atoms. The Bertz CT molecular complexity index is 705. The maximum Gasteiger partial charge on any atom is 0.0411 e. The minimum atomic E-state index is 0.197. The van der Waals surface area contributed by atoms with Gasteiger partial charge in [-0.15, -0.1) is 0 Å². The Kier molecular flexibility index (Phi) is 6.33. The molecule has 4 aliphatic carbocycles. The van der Waals surface area contributed by atoms with Crippen LogP contribution in [0.1, 0.15) is 105 Å². The molecule has 0 saturated heterocycles. The largest absolute Gasteiger partial charge is 0.0903 e. The molecule has 0 aromatic rings. The molecule has 0 aromatic heterocycles. The third-order valence-electron chi connectivity index (χ3n) is 10.5. The number of hydrogen-bond donors (Lipinski definition) is 0. The van der Waals surface area contributed by atoms with Crippen LogP contribution in [0.4, 0.5) is 0 Å². The van der Waals surface area contributed by atoms with Crippen molar-refractivity contribution in [1.29, 1.82) is 0 Å². The van der Waals surface area contributed by atoms with E-state index in [9.17, 15) is 0 Å². The summed E-state index contributed by atoms with van der Waals surface area (Å²) in [5, 5.41) is 4.08. The van der Waals surface area contributed by atoms with E-state index in [0.717, 1.165) is 48.3 Å². The Morgan fingerprint density at radius 1 is 1.07 bits per heavy atom. The van der Waals surface area contributed by atoms with Crippen molar-refractivity contribution in [2.24, 2.45) is 51.5 Å². The minimum absolute atomic E-state index is 0.197. The van der Waals surface area contributed by atoms with Gasteiger partial charge in [0.05, 0.1) is 0 Å². The fourth-order valence-electron chi connectivity index (χ4n) is 8.84. The fraction of sp³-hybridized carbons (Fsp3) is 0.926. The third-order valence-corrected chi connectivity index (χ3v) is 10.5. The minimum Gasteiger partial charge on any atom is -0.0903 e. The van der Waals surface area contributed by atoms with Crippen LogP contribution in [0.15, 0.2) is 16.8 Å². The second kappa shape index (κ2) is 8.53. The second-order valence-corrected chi connectivity index (χ2v) is 12.4. The topological polar surface area (TPSA) is 48.8 Å². The molecule has 4 rings (SSSR count). The van der Waals surface area contributed by atoms with Gasteiger partial charge in [0, 0.05) is 11.0 Å². The molecule has 3 saturated carbocycles. The van der Waals surface area contributed by atoms with Crippen LogP contribution < -0.4 is 0 Å². The molecule has 0 amide bonds. The van der Waals surface area contributed by atoms with E-state index in [1.807, 2.05) is 0 Å². The SMILES string of the molecule is CC(C)CCC[C@@H](C)C1CC[C@H]2[C@H]3CC=C4C[C@@H](N=[N+]=[N-])CCC4(C)[C@H]3CCC12C. The van der Waals surface area contributed by atoms with Crippen LogP contribution in [-0.2, 0) is 0 Å². The first-order valence-corrected chi connectivity index (χ1v) is 13.0. The summed E-state index contributed by atoms with van der Waals surface area (Å²) in [4.78, 5) is 3.11. The van der Waals surface area contributed by atoms with E-state index < -0.39 is 0 Å². The fourth-order valence-corrected chi connectivity index (χ4v) is 8.84. The van der Waals surface area contributed by atoms with Crippen molar-refractivity contribution in [2.45, 2.75) is 111 Å². The first-order chi connectivity index (χ1) is 14.3. The zero-order valence-electron chi connectivity index (χ0n) is 20.2. The highest BCUT2D eigenvalue weighted by Gasteiger charge is 2.59. The molecule has 168 valence electrons. The number of hydrogen-bond acceptors (Lipinski definition) is 1. The maximum absolute atomic E-state index is 8.89. The quantitative estimate of drug-likeness (QED) is 0.182. The van der Waals surface area contributed by atoms with E-state index in [1.54, 1.807) is 5.57 Å². The number of fused-ring (bicyclic) bond motifs is 5. The van der Waals surface area contributed by atoms with Crippen molar-refractivity contribution in [3.63, 3.8) is 0 Å². The number of azide groups is 1. The molecule has 8 atom stereocenters. The Morgan fingerprint density at radius 3 is 2.60 bits per heavy atom. The van der Waals surface area contributed by atoms with E-state index in [4.69, 9.17) is 5.53 Å². The highest BCUT2D eigenvalue weighted by atomic mass is 15.1. The van der Waals surface area contributed by atoms with E-state index >= 15 is 0 Å². The molecule has 3 unspecified atom stereocenters. The van der Waals surface area contributed by atoms with Gasteiger partial charge in [-0.2, -0.15) is 0 Å². The lowest BCUT2D eigenvalue weighted by Crippen LogP contribution is -2.50. The summed E-state index contributed by atoms with van der Waals surface area (Å²) >= 11 is 0. The summed E-state index contributed by atoms with van der Waals surface area (Å²) in [7, 11) is 0. The molecule has 4 aliphatic rings. The molecule has 0 radical (unpaired) electrons. The second-order valence-electron chi connectivity index (χ2n) is 12.4. The first-order valence-electron chi connectivity index (χ1n) is 13.0. The summed E-state index contributed by atoms with van der Waals surface area (Å²) in [6.45, 7) is 12.5. The van der Waals surface area contributed by atoms with Gasteiger partial charge in [0.15, 0.2) is 0 Å². The van der Waals surface area contributed by atoms with Crippen LogP contribution in [0.3, 0.4) is 0 Å². The highest BCUT2D eigenvalue weighted by molar-refractivity contribution is 5.26. The third kappa shape index (κ3) is 3.74. The Balaban J connectivity index is 1.49. The van der Waals surface area contributed by atoms with Gasteiger partial charge in [0.25, 0.3) is 0 Å². The smallest absolute Gasteiger partial charge is 0.0411 e. The van der Waals surface area contributed by atoms with Gasteiger partial charge in [0.1, 0.15) is 0 Å². The number of allylic oxidation sites excluding steroid dienone is 1. The van der Waals surface area contributed by atoms with Gasteiger partial charge in [-0.25, -0.2) is 0 Å². The molecule has 0 aromatic carbocycles. The highest BCUT2D eigenvalue weighted by Crippen LogP contribution is 2.67. The first kappa shape index (κ1) is 22.3. The van der Waals surface area contributed by atoms with Crippen LogP contribution in [0, 0.1) is 46.3 Å². The van der Waals surface area contributed by atoms with Crippen molar-refractivity contribution in [3.8, 4) is 0 Å². The number of nitrogens with zero attached hydrogens (tertiary/aromatic N) is 3. The normalized spacial score (nSPS) is 43.8. The van der Waals surface area contributed by atoms with E-state index in [1.165, 1.54) is 57.8 Å². The van der Waals surface area contributed by atoms with E-state index in [-0.39, 0.29) is 6.04 Å². The van der Waals surface area contributed by atoms with Gasteiger partial charge in [-0.3, -0.25) is 0 Å². The molecular formula is C27H45N3. The number of rotatable bonds is 6. The predicted molar refractivity (Wildman–Crippen MR) is 126 cm³/mol. The molecular weight excluding hydrogens is 366 g/mol. The molecule has 30 heavy (non-hydrogen) atoms. The van der Waals surface area contributed by atoms with Gasteiger partial charge in [-0.05, 0) is 103 Å². The Labute approximate surface area is 185 Å². The van der Waals surface area contributed by atoms with E-state index in [2.05, 4.69) is 50.7 Å². The van der Waals surface area contributed by atoms with Crippen LogP contribution >= 0.6 is 0 Å². The van der Waals surface area contributed by atoms with Crippen molar-refractivity contribution in [3.05, 3.63) is 22.1 Å². The summed E-state index contributed by atoms with van der Waals surface area (Å²) in [5.41, 5.74) is 11.5. The van der Waals surface area contributed by atoms with Crippen LogP contribution in [0.2, 0.25) is 0 Å². The molecule has 3 fully saturated rings. The van der Waals surface area contributed by atoms with Crippen molar-refractivity contribution < 1.29 is 0 Å². The average molecular weight is 412 g/mol. The molecule has 0 heterocycles. The van der Waals surface area contributed by atoms with Gasteiger partial charge >= 0.3 is 0 Å². The zero-order valence-corrected chi connectivity index (χ0v) is 20.2. The molecule has 3 nitrogen and oxygen atoms in total. The molecule has 0 N–H and O–H groups in total. The van der Waals surface area contributed by atoms with Gasteiger partial charge in [-0.1, -0.05) is 70.6 Å². The van der Waals surface area contributed by atoms with E-state index in [0.29, 0.717) is 10.8 Å². The van der Waals surface area contributed by atoms with Crippen molar-refractivity contribution in [2.75, 3.05) is 0 Å². The van der Waals surface area contributed by atoms with Crippen molar-refractivity contribution in [1.82, 2.24) is 0 Å².